The number of ether oxygens (including phenoxy) is 4. The van der Waals surface area contributed by atoms with E-state index in [0.29, 0.717) is 41.4 Å². The smallest absolute Gasteiger partial charge is 0.222 e. The van der Waals surface area contributed by atoms with Crippen LogP contribution in [0.5, 0.6) is 11.5 Å². The highest BCUT2D eigenvalue weighted by Crippen LogP contribution is 2.34. The molecular weight excluding hydrogens is 440 g/mol. The van der Waals surface area contributed by atoms with Gasteiger partial charge < -0.3 is 29.2 Å². The zero-order valence-electron chi connectivity index (χ0n) is 19.5. The van der Waals surface area contributed by atoms with Crippen molar-refractivity contribution in [1.29, 1.82) is 0 Å². The van der Waals surface area contributed by atoms with Crippen LogP contribution in [0, 0.1) is 0 Å². The van der Waals surface area contributed by atoms with E-state index in [0.717, 1.165) is 25.9 Å². The molecule has 0 amide bonds. The van der Waals surface area contributed by atoms with Gasteiger partial charge in [0.25, 0.3) is 0 Å². The lowest BCUT2D eigenvalue weighted by atomic mass is 10.1. The Bertz CT molecular complexity index is 1140. The first kappa shape index (κ1) is 23.7. The number of allylic oxidation sites excluding steroid dienone is 2. The molecule has 1 N–H and O–H groups in total. The number of fused-ring (bicyclic) bond motifs is 1. The number of rotatable bonds is 9. The molecule has 0 bridgehead atoms. The van der Waals surface area contributed by atoms with Crippen LogP contribution in [0.3, 0.4) is 0 Å². The first-order valence-corrected chi connectivity index (χ1v) is 11.1. The van der Waals surface area contributed by atoms with Crippen LogP contribution >= 0.6 is 0 Å². The van der Waals surface area contributed by atoms with E-state index in [9.17, 15) is 9.59 Å². The molecule has 10 heteroatoms. The summed E-state index contributed by atoms with van der Waals surface area (Å²) in [5.41, 5.74) is 0.697. The van der Waals surface area contributed by atoms with Crippen LogP contribution in [-0.2, 0) is 19.1 Å². The maximum Gasteiger partial charge on any atom is 0.222 e. The monoisotopic (exact) mass is 468 g/mol. The van der Waals surface area contributed by atoms with Crippen molar-refractivity contribution in [3.63, 3.8) is 0 Å². The molecule has 0 unspecified atom stereocenters. The number of ketones is 2. The number of benzene rings is 1. The number of hydrogen-bond acceptors (Lipinski definition) is 10. The Balaban J connectivity index is 1.52. The molecule has 1 aliphatic carbocycles. The number of carbonyl (C=O) groups excluding carboxylic acids is 2. The molecule has 1 saturated heterocycles. The molecular formula is C24H28N4O6. The van der Waals surface area contributed by atoms with Crippen LogP contribution in [0.2, 0.25) is 0 Å². The normalized spacial score (nSPS) is 17.4. The average molecular weight is 469 g/mol. The van der Waals surface area contributed by atoms with E-state index in [4.69, 9.17) is 18.9 Å². The largest absolute Gasteiger partial charge is 0.493 e. The Morgan fingerprint density at radius 1 is 1.03 bits per heavy atom. The Kier molecular flexibility index (Phi) is 7.39. The first-order chi connectivity index (χ1) is 16.5. The van der Waals surface area contributed by atoms with E-state index in [1.54, 1.807) is 19.2 Å². The Hall–Kier alpha value is -3.50. The van der Waals surface area contributed by atoms with Gasteiger partial charge in [-0.3, -0.25) is 9.59 Å². The summed E-state index contributed by atoms with van der Waals surface area (Å²) >= 11 is 0. The minimum absolute atomic E-state index is 0.0688. The lowest BCUT2D eigenvalue weighted by Gasteiger charge is -2.30. The highest BCUT2D eigenvalue weighted by atomic mass is 16.5. The Morgan fingerprint density at radius 2 is 1.82 bits per heavy atom. The van der Waals surface area contributed by atoms with Crippen molar-refractivity contribution in [2.24, 2.45) is 0 Å². The summed E-state index contributed by atoms with van der Waals surface area (Å²) in [4.78, 5) is 36.2. The fraction of sp³-hybridized carbons (Fsp3) is 0.417. The van der Waals surface area contributed by atoms with Gasteiger partial charge in [0, 0.05) is 43.8 Å². The minimum atomic E-state index is -0.360. The number of anilines is 1. The molecule has 1 aromatic heterocycles. The second-order valence-corrected chi connectivity index (χ2v) is 8.12. The third kappa shape index (κ3) is 5.35. The lowest BCUT2D eigenvalue weighted by molar-refractivity contribution is -0.118. The van der Waals surface area contributed by atoms with Crippen molar-refractivity contribution >= 4 is 28.3 Å². The van der Waals surface area contributed by atoms with Gasteiger partial charge in [0.05, 0.1) is 24.9 Å². The first-order valence-electron chi connectivity index (χ1n) is 11.1. The standard InChI is InChI=1S/C24H28N4O6/c1-28-6-4-15(5-7-28)34-21-13-19(29)18(11-20(21)30)27-24-16-10-22(32-3)23(33-9-8-31-2)12-17(16)25-14-26-24/h10-15H,4-9H2,1-3H3,(H,25,26,27). The summed E-state index contributed by atoms with van der Waals surface area (Å²) in [6, 6.07) is 3.45. The molecule has 0 atom stereocenters. The zero-order chi connectivity index (χ0) is 24.1. The molecule has 0 spiro atoms. The van der Waals surface area contributed by atoms with E-state index in [1.165, 1.54) is 25.6 Å². The van der Waals surface area contributed by atoms with E-state index >= 15 is 0 Å². The van der Waals surface area contributed by atoms with Gasteiger partial charge in [-0.25, -0.2) is 9.97 Å². The maximum absolute atomic E-state index is 12.8. The number of piperidine rings is 1. The molecule has 1 fully saturated rings. The fourth-order valence-corrected chi connectivity index (χ4v) is 3.81. The molecule has 34 heavy (non-hydrogen) atoms. The highest BCUT2D eigenvalue weighted by molar-refractivity contribution is 6.20. The predicted molar refractivity (Wildman–Crippen MR) is 125 cm³/mol. The number of nitrogens with zero attached hydrogens (tertiary/aromatic N) is 3. The Labute approximate surface area is 197 Å². The van der Waals surface area contributed by atoms with E-state index in [-0.39, 0.29) is 29.1 Å². The van der Waals surface area contributed by atoms with Gasteiger partial charge in [-0.15, -0.1) is 0 Å². The van der Waals surface area contributed by atoms with Crippen LogP contribution in [-0.4, -0.2) is 80.1 Å². The van der Waals surface area contributed by atoms with E-state index in [2.05, 4.69) is 20.2 Å². The van der Waals surface area contributed by atoms with E-state index in [1.807, 2.05) is 7.05 Å². The third-order valence-electron chi connectivity index (χ3n) is 5.72. The maximum atomic E-state index is 12.8. The van der Waals surface area contributed by atoms with Gasteiger partial charge in [-0.1, -0.05) is 0 Å². The summed E-state index contributed by atoms with van der Waals surface area (Å²) in [5, 5.41) is 3.58. The van der Waals surface area contributed by atoms with Gasteiger partial charge >= 0.3 is 0 Å². The van der Waals surface area contributed by atoms with Gasteiger partial charge in [0.15, 0.2) is 17.3 Å². The van der Waals surface area contributed by atoms with Crippen molar-refractivity contribution in [3.8, 4) is 11.5 Å². The van der Waals surface area contributed by atoms with Crippen LogP contribution < -0.4 is 14.8 Å². The second-order valence-electron chi connectivity index (χ2n) is 8.12. The SMILES string of the molecule is COCCOc1cc2ncnc(NC3=CC(=O)C(OC4CCN(C)CC4)=CC3=O)c2cc1OC. The fourth-order valence-electron chi connectivity index (χ4n) is 3.81. The van der Waals surface area contributed by atoms with Gasteiger partial charge in [-0.2, -0.15) is 0 Å². The molecule has 1 aromatic carbocycles. The number of carbonyl (C=O) groups is 2. The van der Waals surface area contributed by atoms with E-state index < -0.39 is 0 Å². The number of aromatic nitrogens is 2. The van der Waals surface area contributed by atoms with Gasteiger partial charge in [0.2, 0.25) is 11.6 Å². The molecule has 4 rings (SSSR count). The zero-order valence-corrected chi connectivity index (χ0v) is 19.5. The quantitative estimate of drug-likeness (QED) is 0.434. The summed E-state index contributed by atoms with van der Waals surface area (Å²) in [6.07, 6.45) is 5.43. The molecule has 2 heterocycles. The highest BCUT2D eigenvalue weighted by Gasteiger charge is 2.26. The summed E-state index contributed by atoms with van der Waals surface area (Å²) in [6.45, 7) is 2.57. The molecule has 0 radical (unpaired) electrons. The number of methoxy groups -OCH3 is 2. The van der Waals surface area contributed by atoms with Crippen LogP contribution in [0.4, 0.5) is 5.82 Å². The average Bonchev–Trinajstić information content (AvgIpc) is 2.83. The lowest BCUT2D eigenvalue weighted by Crippen LogP contribution is -2.35. The molecule has 180 valence electrons. The van der Waals surface area contributed by atoms with Crippen LogP contribution in [0.1, 0.15) is 12.8 Å². The van der Waals surface area contributed by atoms with Gasteiger partial charge in [-0.05, 0) is 26.0 Å². The number of nitrogens with one attached hydrogen (secondary N) is 1. The summed E-state index contributed by atoms with van der Waals surface area (Å²) in [5.74, 6) is 0.727. The molecule has 10 nitrogen and oxygen atoms in total. The van der Waals surface area contributed by atoms with Crippen molar-refractivity contribution < 1.29 is 28.5 Å². The second kappa shape index (κ2) is 10.6. The summed E-state index contributed by atoms with van der Waals surface area (Å²) in [7, 11) is 5.17. The Morgan fingerprint density at radius 3 is 2.56 bits per heavy atom. The van der Waals surface area contributed by atoms with Crippen molar-refractivity contribution in [2.45, 2.75) is 18.9 Å². The minimum Gasteiger partial charge on any atom is -0.493 e. The number of hydrogen-bond donors (Lipinski definition) is 1. The molecule has 2 aliphatic rings. The van der Waals surface area contributed by atoms with Crippen molar-refractivity contribution in [2.75, 3.05) is 52.9 Å². The molecule has 1 aliphatic heterocycles. The predicted octanol–water partition coefficient (Wildman–Crippen LogP) is 2.11. The van der Waals surface area contributed by atoms with Crippen molar-refractivity contribution in [3.05, 3.63) is 42.1 Å². The third-order valence-corrected chi connectivity index (χ3v) is 5.72. The molecule has 2 aromatic rings. The topological polar surface area (TPSA) is 112 Å². The number of likely N-dealkylation sites (tertiary alicyclic amines) is 1. The summed E-state index contributed by atoms with van der Waals surface area (Å²) < 4.78 is 22.0. The van der Waals surface area contributed by atoms with Crippen LogP contribution in [0.25, 0.3) is 10.9 Å². The van der Waals surface area contributed by atoms with Crippen molar-refractivity contribution in [1.82, 2.24) is 14.9 Å². The van der Waals surface area contributed by atoms with Crippen LogP contribution in [0.15, 0.2) is 42.1 Å². The van der Waals surface area contributed by atoms with Gasteiger partial charge in [0.1, 0.15) is 24.9 Å². The molecule has 0 saturated carbocycles.